The molecule has 0 atom stereocenters. The normalized spacial score (nSPS) is 11.4. The SMILES string of the molecule is S=c1[nH]nc(-c2ccco2)n1/N=C\c1cn(-c2ccccc2)nc1-c1ccco1. The van der Waals surface area contributed by atoms with Crippen molar-refractivity contribution in [2.45, 2.75) is 0 Å². The molecule has 0 unspecified atom stereocenters. The van der Waals surface area contributed by atoms with E-state index in [9.17, 15) is 0 Å². The van der Waals surface area contributed by atoms with Crippen LogP contribution in [0, 0.1) is 4.77 Å². The summed E-state index contributed by atoms with van der Waals surface area (Å²) < 4.78 is 14.6. The molecule has 0 aliphatic rings. The van der Waals surface area contributed by atoms with Gasteiger partial charge < -0.3 is 8.83 Å². The van der Waals surface area contributed by atoms with Gasteiger partial charge in [0.1, 0.15) is 5.69 Å². The maximum Gasteiger partial charge on any atom is 0.219 e. The number of furan rings is 2. The Bertz CT molecular complexity index is 1310. The number of rotatable bonds is 5. The quantitative estimate of drug-likeness (QED) is 0.345. The summed E-state index contributed by atoms with van der Waals surface area (Å²) in [5, 5.41) is 16.1. The van der Waals surface area contributed by atoms with Crippen molar-refractivity contribution >= 4 is 18.4 Å². The van der Waals surface area contributed by atoms with E-state index in [1.165, 1.54) is 4.68 Å². The molecule has 0 saturated carbocycles. The summed E-state index contributed by atoms with van der Waals surface area (Å²) in [6.07, 6.45) is 6.73. The van der Waals surface area contributed by atoms with Crippen LogP contribution in [0.4, 0.5) is 0 Å². The van der Waals surface area contributed by atoms with Crippen LogP contribution in [0.1, 0.15) is 5.56 Å². The summed E-state index contributed by atoms with van der Waals surface area (Å²) in [4.78, 5) is 0. The van der Waals surface area contributed by atoms with Gasteiger partial charge in [0.25, 0.3) is 0 Å². The Morgan fingerprint density at radius 2 is 1.72 bits per heavy atom. The van der Waals surface area contributed by atoms with Crippen LogP contribution in [0.15, 0.2) is 87.3 Å². The lowest BCUT2D eigenvalue weighted by atomic mass is 10.2. The summed E-state index contributed by atoms with van der Waals surface area (Å²) in [7, 11) is 0. The van der Waals surface area contributed by atoms with Crippen molar-refractivity contribution < 1.29 is 8.83 Å². The summed E-state index contributed by atoms with van der Waals surface area (Å²) in [5.74, 6) is 1.68. The Labute approximate surface area is 169 Å². The van der Waals surface area contributed by atoms with Crippen molar-refractivity contribution in [2.75, 3.05) is 0 Å². The number of benzene rings is 1. The third-order valence-corrected chi connectivity index (χ3v) is 4.49. The van der Waals surface area contributed by atoms with Gasteiger partial charge in [0.2, 0.25) is 10.6 Å². The summed E-state index contributed by atoms with van der Waals surface area (Å²) >= 11 is 5.31. The van der Waals surface area contributed by atoms with Gasteiger partial charge in [-0.3, -0.25) is 0 Å². The first-order chi connectivity index (χ1) is 14.3. The number of nitrogens with zero attached hydrogens (tertiary/aromatic N) is 5. The molecule has 5 aromatic rings. The van der Waals surface area contributed by atoms with Crippen LogP contribution in [-0.4, -0.2) is 30.9 Å². The predicted octanol–water partition coefficient (Wildman–Crippen LogP) is 4.53. The lowest BCUT2D eigenvalue weighted by molar-refractivity contribution is 0.573. The number of H-pyrrole nitrogens is 1. The van der Waals surface area contributed by atoms with Gasteiger partial charge in [-0.25, -0.2) is 9.78 Å². The fourth-order valence-electron chi connectivity index (χ4n) is 2.88. The summed E-state index contributed by atoms with van der Waals surface area (Å²) in [5.41, 5.74) is 2.35. The molecular weight excluding hydrogens is 388 g/mol. The highest BCUT2D eigenvalue weighted by Gasteiger charge is 2.15. The molecule has 0 saturated heterocycles. The molecule has 0 aliphatic carbocycles. The molecule has 29 heavy (non-hydrogen) atoms. The Morgan fingerprint density at radius 1 is 0.966 bits per heavy atom. The minimum absolute atomic E-state index is 0.350. The van der Waals surface area contributed by atoms with Crippen molar-refractivity contribution in [1.29, 1.82) is 0 Å². The zero-order valence-electron chi connectivity index (χ0n) is 15.0. The summed E-state index contributed by atoms with van der Waals surface area (Å²) in [6, 6.07) is 17.1. The standard InChI is InChI=1S/C20H14N6O2S/c29-20-23-22-19(17-9-5-11-28-17)26(20)21-12-14-13-25(15-6-2-1-3-7-15)24-18(14)16-8-4-10-27-16/h1-13H,(H,23,29)/b21-12-. The Kier molecular flexibility index (Phi) is 4.26. The van der Waals surface area contributed by atoms with E-state index in [0.717, 1.165) is 11.3 Å². The van der Waals surface area contributed by atoms with E-state index < -0.39 is 0 Å². The minimum atomic E-state index is 0.350. The fraction of sp³-hybridized carbons (Fsp3) is 0. The van der Waals surface area contributed by atoms with E-state index in [2.05, 4.69) is 20.4 Å². The van der Waals surface area contributed by atoms with Gasteiger partial charge in [0.05, 0.1) is 24.4 Å². The molecule has 5 rings (SSSR count). The van der Waals surface area contributed by atoms with Crippen LogP contribution in [0.3, 0.4) is 0 Å². The zero-order chi connectivity index (χ0) is 19.6. The van der Waals surface area contributed by atoms with E-state index in [0.29, 0.717) is 27.8 Å². The molecule has 1 N–H and O–H groups in total. The van der Waals surface area contributed by atoms with Gasteiger partial charge in [-0.15, -0.1) is 5.10 Å². The van der Waals surface area contributed by atoms with E-state index in [-0.39, 0.29) is 0 Å². The Morgan fingerprint density at radius 3 is 2.45 bits per heavy atom. The number of hydrogen-bond acceptors (Lipinski definition) is 6. The Hall–Kier alpha value is -3.98. The highest BCUT2D eigenvalue weighted by molar-refractivity contribution is 7.71. The number of aromatic amines is 1. The molecule has 0 spiro atoms. The van der Waals surface area contributed by atoms with Crippen molar-refractivity contribution in [3.05, 3.63) is 83.7 Å². The number of nitrogens with one attached hydrogen (secondary N) is 1. The third kappa shape index (κ3) is 3.23. The highest BCUT2D eigenvalue weighted by atomic mass is 32.1. The number of hydrogen-bond donors (Lipinski definition) is 1. The number of aromatic nitrogens is 5. The maximum absolute atomic E-state index is 5.55. The average Bonchev–Trinajstić information content (AvgIpc) is 3.53. The first-order valence-corrected chi connectivity index (χ1v) is 9.15. The molecule has 4 aromatic heterocycles. The molecular formula is C20H14N6O2S. The first-order valence-electron chi connectivity index (χ1n) is 8.74. The molecule has 142 valence electrons. The van der Waals surface area contributed by atoms with Crippen molar-refractivity contribution in [3.63, 3.8) is 0 Å². The topological polar surface area (TPSA) is 90.1 Å². The van der Waals surface area contributed by atoms with Gasteiger partial charge >= 0.3 is 0 Å². The van der Waals surface area contributed by atoms with E-state index in [1.807, 2.05) is 48.7 Å². The van der Waals surface area contributed by atoms with Gasteiger partial charge in [-0.2, -0.15) is 14.9 Å². The molecule has 0 bridgehead atoms. The third-order valence-electron chi connectivity index (χ3n) is 4.22. The van der Waals surface area contributed by atoms with E-state index >= 15 is 0 Å². The smallest absolute Gasteiger partial charge is 0.219 e. The van der Waals surface area contributed by atoms with Gasteiger partial charge in [-0.1, -0.05) is 18.2 Å². The highest BCUT2D eigenvalue weighted by Crippen LogP contribution is 2.23. The first kappa shape index (κ1) is 17.1. The maximum atomic E-state index is 5.55. The molecule has 0 radical (unpaired) electrons. The number of para-hydroxylation sites is 1. The minimum Gasteiger partial charge on any atom is -0.463 e. The van der Waals surface area contributed by atoms with Crippen molar-refractivity contribution in [1.82, 2.24) is 24.7 Å². The Balaban J connectivity index is 1.59. The molecule has 0 fully saturated rings. The zero-order valence-corrected chi connectivity index (χ0v) is 15.8. The predicted molar refractivity (Wildman–Crippen MR) is 109 cm³/mol. The van der Waals surface area contributed by atoms with Gasteiger partial charge in [0, 0.05) is 11.8 Å². The van der Waals surface area contributed by atoms with Crippen LogP contribution in [0.25, 0.3) is 28.7 Å². The lowest BCUT2D eigenvalue weighted by Gasteiger charge is -1.98. The van der Waals surface area contributed by atoms with Crippen LogP contribution >= 0.6 is 12.2 Å². The van der Waals surface area contributed by atoms with E-state index in [4.69, 9.17) is 21.1 Å². The van der Waals surface area contributed by atoms with E-state index in [1.54, 1.807) is 35.6 Å². The summed E-state index contributed by atoms with van der Waals surface area (Å²) in [6.45, 7) is 0. The second-order valence-electron chi connectivity index (χ2n) is 6.08. The molecule has 0 amide bonds. The lowest BCUT2D eigenvalue weighted by Crippen LogP contribution is -1.94. The van der Waals surface area contributed by atoms with Crippen LogP contribution in [0.5, 0.6) is 0 Å². The average molecular weight is 402 g/mol. The molecule has 9 heteroatoms. The second kappa shape index (κ2) is 7.21. The van der Waals surface area contributed by atoms with Crippen molar-refractivity contribution in [2.24, 2.45) is 5.10 Å². The van der Waals surface area contributed by atoms with Crippen molar-refractivity contribution in [3.8, 4) is 28.7 Å². The van der Waals surface area contributed by atoms with Crippen LogP contribution < -0.4 is 0 Å². The molecule has 1 aromatic carbocycles. The molecule has 8 nitrogen and oxygen atoms in total. The van der Waals surface area contributed by atoms with Crippen LogP contribution in [0.2, 0.25) is 0 Å². The van der Waals surface area contributed by atoms with Gasteiger partial charge in [-0.05, 0) is 48.6 Å². The fourth-order valence-corrected chi connectivity index (χ4v) is 3.06. The van der Waals surface area contributed by atoms with Gasteiger partial charge in [0.15, 0.2) is 11.5 Å². The molecule has 0 aliphatic heterocycles. The van der Waals surface area contributed by atoms with Crippen LogP contribution in [-0.2, 0) is 0 Å². The second-order valence-corrected chi connectivity index (χ2v) is 6.46. The monoisotopic (exact) mass is 402 g/mol. The largest absolute Gasteiger partial charge is 0.463 e. The molecule has 4 heterocycles.